The summed E-state index contributed by atoms with van der Waals surface area (Å²) < 4.78 is 38.0. The largest absolute Gasteiger partial charge is 0.492 e. The van der Waals surface area contributed by atoms with E-state index in [4.69, 9.17) is 21.1 Å². The van der Waals surface area contributed by atoms with Gasteiger partial charge >= 0.3 is 0 Å². The minimum atomic E-state index is -3.61. The molecule has 3 aromatic rings. The molecule has 0 aliphatic carbocycles. The van der Waals surface area contributed by atoms with Gasteiger partial charge in [-0.15, -0.1) is 0 Å². The van der Waals surface area contributed by atoms with Crippen molar-refractivity contribution in [3.8, 4) is 17.4 Å². The molecule has 0 spiro atoms. The van der Waals surface area contributed by atoms with Gasteiger partial charge in [-0.05, 0) is 41.3 Å². The van der Waals surface area contributed by atoms with Gasteiger partial charge in [-0.3, -0.25) is 14.4 Å². The molecule has 1 fully saturated rings. The van der Waals surface area contributed by atoms with Gasteiger partial charge in [-0.25, -0.2) is 18.4 Å². The molecule has 1 aliphatic rings. The van der Waals surface area contributed by atoms with Crippen LogP contribution >= 0.6 is 11.6 Å². The molecule has 1 aliphatic heterocycles. The molecule has 1 amide bonds. The van der Waals surface area contributed by atoms with Crippen molar-refractivity contribution in [3.05, 3.63) is 64.6 Å². The first kappa shape index (κ1) is 30.5. The maximum Gasteiger partial charge on any atom is 0.255 e. The number of aromatic nitrogens is 2. The Labute approximate surface area is 245 Å². The number of benzene rings is 2. The average molecular weight is 603 g/mol. The molecule has 3 N–H and O–H groups in total. The van der Waals surface area contributed by atoms with Gasteiger partial charge in [0.25, 0.3) is 5.91 Å². The average Bonchev–Trinajstić information content (AvgIpc) is 2.89. The summed E-state index contributed by atoms with van der Waals surface area (Å²) in [6.45, 7) is 10.3. The Balaban J connectivity index is 1.58. The number of rotatable bonds is 9. The van der Waals surface area contributed by atoms with Crippen LogP contribution in [0.25, 0.3) is 0 Å². The van der Waals surface area contributed by atoms with Crippen molar-refractivity contribution in [1.82, 2.24) is 20.2 Å². The number of nitrogens with zero attached hydrogens (tertiary/aromatic N) is 3. The Kier molecular flexibility index (Phi) is 9.37. The summed E-state index contributed by atoms with van der Waals surface area (Å²) in [7, 11) is -2.21. The van der Waals surface area contributed by atoms with E-state index >= 15 is 0 Å². The molecule has 2 aromatic carbocycles. The zero-order chi connectivity index (χ0) is 29.8. The van der Waals surface area contributed by atoms with Gasteiger partial charge in [0.2, 0.25) is 15.9 Å². The number of methoxy groups -OCH3 is 1. The van der Waals surface area contributed by atoms with E-state index in [0.717, 1.165) is 43.7 Å². The lowest BCUT2D eigenvalue weighted by atomic mass is 9.86. The highest BCUT2D eigenvalue weighted by Crippen LogP contribution is 2.39. The van der Waals surface area contributed by atoms with Gasteiger partial charge in [-0.1, -0.05) is 32.4 Å². The molecule has 41 heavy (non-hydrogen) atoms. The van der Waals surface area contributed by atoms with E-state index in [0.29, 0.717) is 23.1 Å². The molecule has 0 unspecified atom stereocenters. The van der Waals surface area contributed by atoms with E-state index in [1.165, 1.54) is 19.5 Å². The van der Waals surface area contributed by atoms with Crippen LogP contribution in [0.3, 0.4) is 0 Å². The van der Waals surface area contributed by atoms with Gasteiger partial charge in [0, 0.05) is 44.4 Å². The molecular formula is C28H35ClN6O5S. The standard InChI is InChI=1S/C28H35ClN6O5S/c1-28(2,3)19-13-22(26(39-4)23(14-19)34-41(5,37)38)33-27(36)18-6-7-21(29)24(12-18)40-25-15-20(31-17-32-25)16-35-10-8-30-9-11-35/h6-7,12-15,17,30,34H,8-11,16H2,1-5H3,(H,33,36). The highest BCUT2D eigenvalue weighted by atomic mass is 35.5. The number of carbonyl (C=O) groups excluding carboxylic acids is 1. The van der Waals surface area contributed by atoms with Crippen LogP contribution in [0.5, 0.6) is 17.4 Å². The number of piperazine rings is 1. The first-order chi connectivity index (χ1) is 19.3. The van der Waals surface area contributed by atoms with Crippen LogP contribution in [-0.2, 0) is 22.0 Å². The first-order valence-electron chi connectivity index (χ1n) is 13.1. The number of hydrogen-bond donors (Lipinski definition) is 3. The van der Waals surface area contributed by atoms with Crippen molar-refractivity contribution in [1.29, 1.82) is 0 Å². The van der Waals surface area contributed by atoms with Crippen molar-refractivity contribution in [2.75, 3.05) is 49.6 Å². The van der Waals surface area contributed by atoms with Crippen molar-refractivity contribution in [2.45, 2.75) is 32.7 Å². The molecule has 220 valence electrons. The fraction of sp³-hybridized carbons (Fsp3) is 0.393. The van der Waals surface area contributed by atoms with Crippen molar-refractivity contribution in [3.63, 3.8) is 0 Å². The number of halogens is 1. The number of carbonyl (C=O) groups is 1. The molecular weight excluding hydrogens is 568 g/mol. The molecule has 4 rings (SSSR count). The number of hydrogen-bond acceptors (Lipinski definition) is 9. The topological polar surface area (TPSA) is 135 Å². The Bertz CT molecular complexity index is 1520. The van der Waals surface area contributed by atoms with Gasteiger partial charge in [-0.2, -0.15) is 0 Å². The van der Waals surface area contributed by atoms with E-state index in [2.05, 4.69) is 30.2 Å². The number of ether oxygens (including phenoxy) is 2. The van der Waals surface area contributed by atoms with E-state index in [1.807, 2.05) is 20.8 Å². The van der Waals surface area contributed by atoms with Crippen LogP contribution in [0, 0.1) is 0 Å². The second-order valence-electron chi connectivity index (χ2n) is 10.8. The lowest BCUT2D eigenvalue weighted by Gasteiger charge is -2.26. The summed E-state index contributed by atoms with van der Waals surface area (Å²) in [6.07, 6.45) is 2.49. The molecule has 0 bridgehead atoms. The summed E-state index contributed by atoms with van der Waals surface area (Å²) in [5.74, 6) is 0.269. The fourth-order valence-corrected chi connectivity index (χ4v) is 5.00. The molecule has 0 saturated carbocycles. The molecule has 1 aromatic heterocycles. The van der Waals surface area contributed by atoms with Crippen LogP contribution in [-0.4, -0.2) is 68.7 Å². The summed E-state index contributed by atoms with van der Waals surface area (Å²) >= 11 is 6.41. The Hall–Kier alpha value is -3.45. The van der Waals surface area contributed by atoms with Crippen LogP contribution < -0.4 is 24.8 Å². The van der Waals surface area contributed by atoms with Crippen LogP contribution in [0.2, 0.25) is 5.02 Å². The number of sulfonamides is 1. The quantitative estimate of drug-likeness (QED) is 0.328. The van der Waals surface area contributed by atoms with Crippen molar-refractivity contribution >= 4 is 38.9 Å². The molecule has 2 heterocycles. The molecule has 0 radical (unpaired) electrons. The third-order valence-corrected chi connectivity index (χ3v) is 7.31. The Morgan fingerprint density at radius 3 is 2.46 bits per heavy atom. The molecule has 11 nitrogen and oxygen atoms in total. The highest BCUT2D eigenvalue weighted by molar-refractivity contribution is 7.92. The predicted octanol–water partition coefficient (Wildman–Crippen LogP) is 4.26. The fourth-order valence-electron chi connectivity index (χ4n) is 4.30. The second-order valence-corrected chi connectivity index (χ2v) is 13.0. The zero-order valence-electron chi connectivity index (χ0n) is 23.7. The van der Waals surface area contributed by atoms with Gasteiger partial charge < -0.3 is 20.1 Å². The van der Waals surface area contributed by atoms with E-state index in [9.17, 15) is 13.2 Å². The lowest BCUT2D eigenvalue weighted by molar-refractivity contribution is 0.102. The molecule has 0 atom stereocenters. The van der Waals surface area contributed by atoms with Crippen LogP contribution in [0.4, 0.5) is 11.4 Å². The van der Waals surface area contributed by atoms with Crippen molar-refractivity contribution < 1.29 is 22.7 Å². The normalized spacial score (nSPS) is 14.4. The van der Waals surface area contributed by atoms with E-state index in [-0.39, 0.29) is 28.2 Å². The minimum Gasteiger partial charge on any atom is -0.492 e. The van der Waals surface area contributed by atoms with Crippen LogP contribution in [0.15, 0.2) is 42.7 Å². The summed E-state index contributed by atoms with van der Waals surface area (Å²) in [4.78, 5) is 24.2. The Morgan fingerprint density at radius 2 is 1.80 bits per heavy atom. The van der Waals surface area contributed by atoms with Crippen LogP contribution in [0.1, 0.15) is 42.4 Å². The predicted molar refractivity (Wildman–Crippen MR) is 160 cm³/mol. The molecule has 13 heteroatoms. The highest BCUT2D eigenvalue weighted by Gasteiger charge is 2.23. The first-order valence-corrected chi connectivity index (χ1v) is 15.3. The maximum absolute atomic E-state index is 13.4. The zero-order valence-corrected chi connectivity index (χ0v) is 25.3. The summed E-state index contributed by atoms with van der Waals surface area (Å²) in [5, 5.41) is 6.48. The van der Waals surface area contributed by atoms with E-state index in [1.54, 1.807) is 30.3 Å². The van der Waals surface area contributed by atoms with Crippen molar-refractivity contribution in [2.24, 2.45) is 0 Å². The minimum absolute atomic E-state index is 0.181. The third-order valence-electron chi connectivity index (χ3n) is 6.40. The SMILES string of the molecule is COc1c(NC(=O)c2ccc(Cl)c(Oc3cc(CN4CCNCC4)ncn3)c2)cc(C(C)(C)C)cc1NS(C)(=O)=O. The maximum atomic E-state index is 13.4. The number of amides is 1. The number of nitrogens with one attached hydrogen (secondary N) is 3. The van der Waals surface area contributed by atoms with E-state index < -0.39 is 15.9 Å². The van der Waals surface area contributed by atoms with Gasteiger partial charge in [0.15, 0.2) is 5.75 Å². The second kappa shape index (κ2) is 12.6. The van der Waals surface area contributed by atoms with Gasteiger partial charge in [0.1, 0.15) is 12.1 Å². The lowest BCUT2D eigenvalue weighted by Crippen LogP contribution is -2.43. The molecule has 1 saturated heterocycles. The monoisotopic (exact) mass is 602 g/mol. The van der Waals surface area contributed by atoms with Gasteiger partial charge in [0.05, 0.1) is 35.5 Å². The summed E-state index contributed by atoms with van der Waals surface area (Å²) in [5.41, 5.74) is 2.05. The smallest absolute Gasteiger partial charge is 0.255 e. The Morgan fingerprint density at radius 1 is 1.10 bits per heavy atom. The number of anilines is 2. The summed E-state index contributed by atoms with van der Waals surface area (Å²) in [6, 6.07) is 9.86. The third kappa shape index (κ3) is 8.29.